The first-order chi connectivity index (χ1) is 8.63. The maximum absolute atomic E-state index is 5.61. The molecule has 4 heteroatoms. The summed E-state index contributed by atoms with van der Waals surface area (Å²) in [6.07, 6.45) is 0. The van der Waals surface area contributed by atoms with E-state index in [2.05, 4.69) is 9.97 Å². The number of hydrogen-bond acceptors (Lipinski definition) is 3. The molecule has 3 nitrogen and oxygen atoms in total. The van der Waals surface area contributed by atoms with Crippen LogP contribution < -0.4 is 4.74 Å². The minimum atomic E-state index is 0.628. The maximum Gasteiger partial charge on any atom is 0.142 e. The molecule has 2 rings (SSSR count). The molecule has 0 aliphatic rings. The SMILES string of the molecule is CCOc1ccccc1-c1nc(=S)c(C)c(C)[nH]1. The van der Waals surface area contributed by atoms with Gasteiger partial charge in [0, 0.05) is 11.3 Å². The first-order valence-electron chi connectivity index (χ1n) is 5.93. The molecule has 2 aromatic rings. The first-order valence-corrected chi connectivity index (χ1v) is 6.34. The van der Waals surface area contributed by atoms with Crippen LogP contribution in [0.2, 0.25) is 0 Å². The van der Waals surface area contributed by atoms with Crippen LogP contribution in [0.5, 0.6) is 5.75 Å². The van der Waals surface area contributed by atoms with Gasteiger partial charge < -0.3 is 9.72 Å². The van der Waals surface area contributed by atoms with Gasteiger partial charge in [0.15, 0.2) is 0 Å². The van der Waals surface area contributed by atoms with Crippen LogP contribution in [0.3, 0.4) is 0 Å². The summed E-state index contributed by atoms with van der Waals surface area (Å²) in [6.45, 7) is 6.56. The van der Waals surface area contributed by atoms with Gasteiger partial charge in [-0.25, -0.2) is 4.98 Å². The summed E-state index contributed by atoms with van der Waals surface area (Å²) in [5.74, 6) is 1.58. The molecule has 0 saturated carbocycles. The highest BCUT2D eigenvalue weighted by atomic mass is 32.1. The molecule has 1 N–H and O–H groups in total. The molecule has 0 atom stereocenters. The Morgan fingerprint density at radius 2 is 2.00 bits per heavy atom. The number of aromatic nitrogens is 2. The summed E-state index contributed by atoms with van der Waals surface area (Å²) in [5.41, 5.74) is 2.99. The number of nitrogens with zero attached hydrogens (tertiary/aromatic N) is 1. The van der Waals surface area contributed by atoms with Gasteiger partial charge in [-0.2, -0.15) is 0 Å². The molecule has 0 aliphatic heterocycles. The van der Waals surface area contributed by atoms with E-state index >= 15 is 0 Å². The smallest absolute Gasteiger partial charge is 0.142 e. The largest absolute Gasteiger partial charge is 0.493 e. The lowest BCUT2D eigenvalue weighted by molar-refractivity contribution is 0.341. The Morgan fingerprint density at radius 1 is 1.28 bits per heavy atom. The monoisotopic (exact) mass is 260 g/mol. The van der Waals surface area contributed by atoms with Crippen LogP contribution in [-0.4, -0.2) is 16.6 Å². The van der Waals surface area contributed by atoms with E-state index < -0.39 is 0 Å². The molecule has 0 fully saturated rings. The Hall–Kier alpha value is -1.68. The lowest BCUT2D eigenvalue weighted by Crippen LogP contribution is -1.99. The van der Waals surface area contributed by atoms with Gasteiger partial charge >= 0.3 is 0 Å². The summed E-state index contributed by atoms with van der Waals surface area (Å²) < 4.78 is 6.24. The van der Waals surface area contributed by atoms with E-state index in [0.29, 0.717) is 11.2 Å². The van der Waals surface area contributed by atoms with E-state index in [1.54, 1.807) is 0 Å². The highest BCUT2D eigenvalue weighted by molar-refractivity contribution is 7.71. The predicted octanol–water partition coefficient (Wildman–Crippen LogP) is 3.82. The summed E-state index contributed by atoms with van der Waals surface area (Å²) in [7, 11) is 0. The quantitative estimate of drug-likeness (QED) is 0.852. The van der Waals surface area contributed by atoms with E-state index in [9.17, 15) is 0 Å². The molecule has 1 aromatic heterocycles. The van der Waals surface area contributed by atoms with Crippen molar-refractivity contribution in [2.45, 2.75) is 20.8 Å². The summed E-state index contributed by atoms with van der Waals surface area (Å²) in [5, 5.41) is 0. The van der Waals surface area contributed by atoms with Crippen LogP contribution in [0.25, 0.3) is 11.4 Å². The van der Waals surface area contributed by atoms with Gasteiger partial charge in [0.25, 0.3) is 0 Å². The van der Waals surface area contributed by atoms with Crippen LogP contribution in [0, 0.1) is 18.5 Å². The van der Waals surface area contributed by atoms with Crippen LogP contribution in [-0.2, 0) is 0 Å². The van der Waals surface area contributed by atoms with Gasteiger partial charge in [-0.1, -0.05) is 24.4 Å². The Morgan fingerprint density at radius 3 is 2.67 bits per heavy atom. The molecule has 0 radical (unpaired) electrons. The van der Waals surface area contributed by atoms with Crippen molar-refractivity contribution in [3.05, 3.63) is 40.2 Å². The molecule has 1 aromatic carbocycles. The molecular formula is C14H16N2OS. The number of aryl methyl sites for hydroxylation is 1. The Balaban J connectivity index is 2.59. The summed E-state index contributed by atoms with van der Waals surface area (Å²) >= 11 is 5.26. The van der Waals surface area contributed by atoms with Crippen molar-refractivity contribution >= 4 is 12.2 Å². The highest BCUT2D eigenvalue weighted by Crippen LogP contribution is 2.27. The average Bonchev–Trinajstić information content (AvgIpc) is 2.36. The van der Waals surface area contributed by atoms with Gasteiger partial charge in [-0.05, 0) is 32.9 Å². The fourth-order valence-corrected chi connectivity index (χ4v) is 1.96. The molecule has 0 amide bonds. The number of aromatic amines is 1. The van der Waals surface area contributed by atoms with Crippen LogP contribution in [0.1, 0.15) is 18.2 Å². The summed E-state index contributed by atoms with van der Waals surface area (Å²) in [6, 6.07) is 7.83. The van der Waals surface area contributed by atoms with Gasteiger partial charge in [0.1, 0.15) is 16.2 Å². The third kappa shape index (κ3) is 2.43. The van der Waals surface area contributed by atoms with Crippen molar-refractivity contribution in [1.29, 1.82) is 0 Å². The van der Waals surface area contributed by atoms with Crippen LogP contribution in [0.15, 0.2) is 24.3 Å². The van der Waals surface area contributed by atoms with Gasteiger partial charge in [-0.15, -0.1) is 0 Å². The minimum absolute atomic E-state index is 0.628. The molecule has 1 heterocycles. The third-order valence-corrected chi connectivity index (χ3v) is 3.24. The predicted molar refractivity (Wildman–Crippen MR) is 75.5 cm³/mol. The number of para-hydroxylation sites is 1. The van der Waals surface area contributed by atoms with E-state index in [4.69, 9.17) is 17.0 Å². The fraction of sp³-hybridized carbons (Fsp3) is 0.286. The average molecular weight is 260 g/mol. The topological polar surface area (TPSA) is 37.9 Å². The molecular weight excluding hydrogens is 244 g/mol. The Bertz CT molecular complexity index is 619. The lowest BCUT2D eigenvalue weighted by atomic mass is 10.1. The zero-order chi connectivity index (χ0) is 13.1. The standard InChI is InChI=1S/C14H16N2OS/c1-4-17-12-8-6-5-7-11(12)13-15-10(3)9(2)14(18)16-13/h5-8H,4H2,1-3H3,(H,15,16,18). The molecule has 0 bridgehead atoms. The van der Waals surface area contributed by atoms with Crippen molar-refractivity contribution < 1.29 is 4.74 Å². The van der Waals surface area contributed by atoms with Crippen molar-refractivity contribution in [3.63, 3.8) is 0 Å². The zero-order valence-corrected chi connectivity index (χ0v) is 11.6. The Kier molecular flexibility index (Phi) is 3.77. The summed E-state index contributed by atoms with van der Waals surface area (Å²) in [4.78, 5) is 7.70. The second kappa shape index (κ2) is 5.31. The molecule has 0 spiro atoms. The molecule has 94 valence electrons. The molecule has 0 aliphatic carbocycles. The van der Waals surface area contributed by atoms with Gasteiger partial charge in [0.2, 0.25) is 0 Å². The van der Waals surface area contributed by atoms with Crippen LogP contribution in [0.4, 0.5) is 0 Å². The minimum Gasteiger partial charge on any atom is -0.493 e. The van der Waals surface area contributed by atoms with Crippen molar-refractivity contribution in [2.24, 2.45) is 0 Å². The maximum atomic E-state index is 5.61. The normalized spacial score (nSPS) is 10.4. The number of hydrogen-bond donors (Lipinski definition) is 1. The van der Waals surface area contributed by atoms with Crippen molar-refractivity contribution in [1.82, 2.24) is 9.97 Å². The van der Waals surface area contributed by atoms with E-state index in [1.807, 2.05) is 45.0 Å². The molecule has 0 unspecified atom stereocenters. The number of benzene rings is 1. The van der Waals surface area contributed by atoms with Crippen molar-refractivity contribution in [3.8, 4) is 17.1 Å². The number of rotatable bonds is 3. The van der Waals surface area contributed by atoms with E-state index in [-0.39, 0.29) is 0 Å². The van der Waals surface area contributed by atoms with Gasteiger partial charge in [0.05, 0.1) is 12.2 Å². The number of nitrogens with one attached hydrogen (secondary N) is 1. The number of ether oxygens (including phenoxy) is 1. The van der Waals surface area contributed by atoms with E-state index in [1.165, 1.54) is 0 Å². The number of H-pyrrole nitrogens is 1. The van der Waals surface area contributed by atoms with Gasteiger partial charge in [-0.3, -0.25) is 0 Å². The van der Waals surface area contributed by atoms with Crippen molar-refractivity contribution in [2.75, 3.05) is 6.61 Å². The zero-order valence-electron chi connectivity index (χ0n) is 10.8. The second-order valence-corrected chi connectivity index (χ2v) is 4.46. The molecule has 18 heavy (non-hydrogen) atoms. The van der Waals surface area contributed by atoms with E-state index in [0.717, 1.165) is 28.4 Å². The van der Waals surface area contributed by atoms with Crippen LogP contribution >= 0.6 is 12.2 Å². The first kappa shape index (κ1) is 12.8. The molecule has 0 saturated heterocycles. The highest BCUT2D eigenvalue weighted by Gasteiger charge is 2.09. The Labute approximate surface area is 112 Å². The lowest BCUT2D eigenvalue weighted by Gasteiger charge is -2.11. The fourth-order valence-electron chi connectivity index (χ4n) is 1.72. The second-order valence-electron chi connectivity index (χ2n) is 4.07. The third-order valence-electron chi connectivity index (χ3n) is 2.84.